The van der Waals surface area contributed by atoms with Crippen LogP contribution in [0.2, 0.25) is 0 Å². The number of methoxy groups -OCH3 is 1. The summed E-state index contributed by atoms with van der Waals surface area (Å²) in [5.41, 5.74) is 0. The van der Waals surface area contributed by atoms with Crippen LogP contribution in [0.1, 0.15) is 19.8 Å². The Morgan fingerprint density at radius 1 is 1.64 bits per heavy atom. The SMILES string of the molecule is COC(=O)[C@H]1CCC=C[C@H]1C. The Balaban J connectivity index is 2.57. The first kappa shape index (κ1) is 8.31. The molecule has 0 saturated heterocycles. The van der Waals surface area contributed by atoms with Gasteiger partial charge in [0.1, 0.15) is 0 Å². The van der Waals surface area contributed by atoms with Gasteiger partial charge in [0.2, 0.25) is 0 Å². The molecule has 0 bridgehead atoms. The van der Waals surface area contributed by atoms with Crippen LogP contribution in [0, 0.1) is 11.8 Å². The molecular formula is C9H14O2. The van der Waals surface area contributed by atoms with Gasteiger partial charge in [0.05, 0.1) is 13.0 Å². The second kappa shape index (κ2) is 3.56. The highest BCUT2D eigenvalue weighted by atomic mass is 16.5. The van der Waals surface area contributed by atoms with E-state index in [0.717, 1.165) is 12.8 Å². The Morgan fingerprint density at radius 2 is 2.36 bits per heavy atom. The first-order valence-corrected chi connectivity index (χ1v) is 4.00. The summed E-state index contributed by atoms with van der Waals surface area (Å²) >= 11 is 0. The molecule has 1 rings (SSSR count). The van der Waals surface area contributed by atoms with Crippen LogP contribution in [0.4, 0.5) is 0 Å². The fourth-order valence-corrected chi connectivity index (χ4v) is 1.47. The molecule has 0 N–H and O–H groups in total. The summed E-state index contributed by atoms with van der Waals surface area (Å²) in [5, 5.41) is 0. The zero-order valence-corrected chi connectivity index (χ0v) is 7.04. The molecule has 0 saturated carbocycles. The zero-order valence-electron chi connectivity index (χ0n) is 7.04. The number of rotatable bonds is 1. The molecule has 2 atom stereocenters. The zero-order chi connectivity index (χ0) is 8.27. The third kappa shape index (κ3) is 1.82. The summed E-state index contributed by atoms with van der Waals surface area (Å²) < 4.78 is 4.69. The van der Waals surface area contributed by atoms with Crippen molar-refractivity contribution in [1.82, 2.24) is 0 Å². The summed E-state index contributed by atoms with van der Waals surface area (Å²) in [7, 11) is 1.45. The third-order valence-electron chi connectivity index (χ3n) is 2.22. The van der Waals surface area contributed by atoms with E-state index in [4.69, 9.17) is 0 Å². The molecule has 0 radical (unpaired) electrons. The maximum atomic E-state index is 11.1. The molecule has 0 heterocycles. The van der Waals surface area contributed by atoms with Crippen molar-refractivity contribution in [3.8, 4) is 0 Å². The number of allylic oxidation sites excluding steroid dienone is 2. The van der Waals surface area contributed by atoms with Crippen LogP contribution in [0.5, 0.6) is 0 Å². The molecule has 0 aromatic heterocycles. The second-order valence-electron chi connectivity index (χ2n) is 2.99. The topological polar surface area (TPSA) is 26.3 Å². The third-order valence-corrected chi connectivity index (χ3v) is 2.22. The van der Waals surface area contributed by atoms with Gasteiger partial charge in [-0.15, -0.1) is 0 Å². The molecule has 1 aliphatic rings. The molecule has 0 spiro atoms. The van der Waals surface area contributed by atoms with E-state index in [1.54, 1.807) is 0 Å². The standard InChI is InChI=1S/C9H14O2/c1-7-5-3-4-6-8(7)9(10)11-2/h3,5,7-8H,4,6H2,1-2H3/t7-,8+/m1/s1. The van der Waals surface area contributed by atoms with Gasteiger partial charge in [-0.05, 0) is 18.8 Å². The van der Waals surface area contributed by atoms with Crippen LogP contribution in [0.3, 0.4) is 0 Å². The second-order valence-corrected chi connectivity index (χ2v) is 2.99. The van der Waals surface area contributed by atoms with Crippen LogP contribution in [-0.2, 0) is 9.53 Å². The van der Waals surface area contributed by atoms with Gasteiger partial charge in [-0.2, -0.15) is 0 Å². The summed E-state index contributed by atoms with van der Waals surface area (Å²) in [6, 6.07) is 0. The number of hydrogen-bond donors (Lipinski definition) is 0. The van der Waals surface area contributed by atoms with Crippen LogP contribution in [0.25, 0.3) is 0 Å². The molecule has 0 fully saturated rings. The molecule has 1 aliphatic carbocycles. The molecule has 0 aromatic rings. The quantitative estimate of drug-likeness (QED) is 0.425. The van der Waals surface area contributed by atoms with Crippen LogP contribution in [0.15, 0.2) is 12.2 Å². The average Bonchev–Trinajstić information content (AvgIpc) is 2.04. The Morgan fingerprint density at radius 3 is 2.91 bits per heavy atom. The monoisotopic (exact) mass is 154 g/mol. The van der Waals surface area contributed by atoms with Crippen molar-refractivity contribution in [3.63, 3.8) is 0 Å². The normalized spacial score (nSPS) is 30.0. The van der Waals surface area contributed by atoms with Crippen LogP contribution in [-0.4, -0.2) is 13.1 Å². The van der Waals surface area contributed by atoms with Gasteiger partial charge in [0.15, 0.2) is 0 Å². The molecule has 11 heavy (non-hydrogen) atoms. The number of carbonyl (C=O) groups is 1. The molecule has 0 amide bonds. The lowest BCUT2D eigenvalue weighted by Crippen LogP contribution is -2.23. The highest BCUT2D eigenvalue weighted by Crippen LogP contribution is 2.24. The Kier molecular flexibility index (Phi) is 2.69. The lowest BCUT2D eigenvalue weighted by molar-refractivity contribution is -0.147. The van der Waals surface area contributed by atoms with Crippen molar-refractivity contribution in [1.29, 1.82) is 0 Å². The highest BCUT2D eigenvalue weighted by Gasteiger charge is 2.25. The number of esters is 1. The molecule has 0 aliphatic heterocycles. The summed E-state index contributed by atoms with van der Waals surface area (Å²) in [6.07, 6.45) is 6.16. The first-order valence-electron chi connectivity index (χ1n) is 4.00. The van der Waals surface area contributed by atoms with Gasteiger partial charge in [0.25, 0.3) is 0 Å². The number of carbonyl (C=O) groups excluding carboxylic acids is 1. The van der Waals surface area contributed by atoms with Crippen molar-refractivity contribution < 1.29 is 9.53 Å². The predicted octanol–water partition coefficient (Wildman–Crippen LogP) is 1.76. The summed E-state index contributed by atoms with van der Waals surface area (Å²) in [5.74, 6) is 0.364. The molecule has 0 unspecified atom stereocenters. The van der Waals surface area contributed by atoms with Gasteiger partial charge in [-0.3, -0.25) is 4.79 Å². The minimum atomic E-state index is -0.0677. The van der Waals surface area contributed by atoms with Crippen molar-refractivity contribution in [3.05, 3.63) is 12.2 Å². The van der Waals surface area contributed by atoms with E-state index in [1.165, 1.54) is 7.11 Å². The molecule has 0 aromatic carbocycles. The first-order chi connectivity index (χ1) is 5.25. The number of ether oxygens (including phenoxy) is 1. The molecule has 62 valence electrons. The molecule has 2 nitrogen and oxygen atoms in total. The Labute approximate surface area is 67.2 Å². The molecule has 2 heteroatoms. The van der Waals surface area contributed by atoms with E-state index in [-0.39, 0.29) is 11.9 Å². The van der Waals surface area contributed by atoms with Gasteiger partial charge in [-0.1, -0.05) is 19.1 Å². The van der Waals surface area contributed by atoms with E-state index < -0.39 is 0 Å². The van der Waals surface area contributed by atoms with E-state index in [1.807, 2.05) is 0 Å². The lowest BCUT2D eigenvalue weighted by atomic mass is 9.85. The van der Waals surface area contributed by atoms with E-state index >= 15 is 0 Å². The Hall–Kier alpha value is -0.790. The van der Waals surface area contributed by atoms with Crippen molar-refractivity contribution in [2.24, 2.45) is 11.8 Å². The van der Waals surface area contributed by atoms with E-state index in [0.29, 0.717) is 5.92 Å². The smallest absolute Gasteiger partial charge is 0.309 e. The fourth-order valence-electron chi connectivity index (χ4n) is 1.47. The predicted molar refractivity (Wildman–Crippen MR) is 43.0 cm³/mol. The van der Waals surface area contributed by atoms with Crippen LogP contribution >= 0.6 is 0 Å². The summed E-state index contributed by atoms with van der Waals surface area (Å²) in [6.45, 7) is 2.05. The van der Waals surface area contributed by atoms with Crippen molar-refractivity contribution >= 4 is 5.97 Å². The van der Waals surface area contributed by atoms with E-state index in [2.05, 4.69) is 23.8 Å². The van der Waals surface area contributed by atoms with E-state index in [9.17, 15) is 4.79 Å². The maximum absolute atomic E-state index is 11.1. The molecular weight excluding hydrogens is 140 g/mol. The van der Waals surface area contributed by atoms with Gasteiger partial charge >= 0.3 is 5.97 Å². The summed E-state index contributed by atoms with van der Waals surface area (Å²) in [4.78, 5) is 11.1. The minimum Gasteiger partial charge on any atom is -0.469 e. The Bertz CT molecular complexity index is 172. The fraction of sp³-hybridized carbons (Fsp3) is 0.667. The van der Waals surface area contributed by atoms with Crippen molar-refractivity contribution in [2.75, 3.05) is 7.11 Å². The average molecular weight is 154 g/mol. The van der Waals surface area contributed by atoms with Gasteiger partial charge < -0.3 is 4.74 Å². The van der Waals surface area contributed by atoms with Gasteiger partial charge in [0, 0.05) is 0 Å². The largest absolute Gasteiger partial charge is 0.469 e. The van der Waals surface area contributed by atoms with Crippen molar-refractivity contribution in [2.45, 2.75) is 19.8 Å². The van der Waals surface area contributed by atoms with Crippen LogP contribution < -0.4 is 0 Å². The minimum absolute atomic E-state index is 0.0677. The van der Waals surface area contributed by atoms with Gasteiger partial charge in [-0.25, -0.2) is 0 Å². The highest BCUT2D eigenvalue weighted by molar-refractivity contribution is 5.73. The number of hydrogen-bond acceptors (Lipinski definition) is 2. The maximum Gasteiger partial charge on any atom is 0.309 e. The lowest BCUT2D eigenvalue weighted by Gasteiger charge is -2.21.